The number of carbonyl (C=O) groups is 3. The monoisotopic (exact) mass is 1590 g/mol. The molecule has 6 heterocycles. The number of aliphatic hydroxyl groups excluding tert-OH is 3. The Kier molecular flexibility index (Phi) is 36.8. The van der Waals surface area contributed by atoms with Crippen LogP contribution in [0.5, 0.6) is 23.0 Å². The zero-order valence-corrected chi connectivity index (χ0v) is 73.2. The molecule has 10 rings (SSSR count). The summed E-state index contributed by atoms with van der Waals surface area (Å²) >= 11 is 3.13. The molecule has 0 saturated heterocycles. The fraction of sp³-hybridized carbons (Fsp3) is 0.588. The van der Waals surface area contributed by atoms with Gasteiger partial charge >= 0.3 is 37.1 Å². The summed E-state index contributed by atoms with van der Waals surface area (Å²) in [6, 6.07) is 19.7. The quantitative estimate of drug-likeness (QED) is 0.0215. The molecule has 5 unspecified atom stereocenters. The minimum absolute atomic E-state index is 0. The smallest absolute Gasteiger partial charge is 0.487 e. The summed E-state index contributed by atoms with van der Waals surface area (Å²) in [6.07, 6.45) is 16.0. The summed E-state index contributed by atoms with van der Waals surface area (Å²) in [4.78, 5) is 42.7. The second-order valence-corrected chi connectivity index (χ2v) is 44.1. The first kappa shape index (κ1) is 94.5. The van der Waals surface area contributed by atoms with E-state index in [-0.39, 0.29) is 66.6 Å². The molecule has 5 N–H and O–H groups in total. The van der Waals surface area contributed by atoms with E-state index in [0.717, 1.165) is 137 Å². The van der Waals surface area contributed by atoms with Gasteiger partial charge in [0.2, 0.25) is 0 Å². The van der Waals surface area contributed by atoms with Crippen LogP contribution in [0.3, 0.4) is 0 Å². The molecule has 0 aliphatic carbocycles. The van der Waals surface area contributed by atoms with Gasteiger partial charge in [-0.15, -0.1) is 13.2 Å². The van der Waals surface area contributed by atoms with E-state index in [1.807, 2.05) is 109 Å². The number of rotatable bonds is 15. The molecule has 5 aromatic rings. The van der Waals surface area contributed by atoms with Crippen molar-refractivity contribution >= 4 is 78.8 Å². The van der Waals surface area contributed by atoms with Gasteiger partial charge in [0.1, 0.15) is 70.4 Å². The molecule has 5 atom stereocenters. The number of ether oxygens (including phenoxy) is 7. The van der Waals surface area contributed by atoms with Crippen LogP contribution in [0.25, 0.3) is 10.9 Å². The number of nitrogens with one attached hydrogen (secondary N) is 2. The second kappa shape index (κ2) is 42.1. The fourth-order valence-electron chi connectivity index (χ4n) is 11.5. The molecule has 0 bridgehead atoms. The number of hydrogen-bond acceptors (Lipinski definition) is 16. The van der Waals surface area contributed by atoms with Crippen LogP contribution in [0.15, 0.2) is 92.2 Å². The van der Waals surface area contributed by atoms with Crippen molar-refractivity contribution in [2.24, 2.45) is 0 Å². The number of aliphatic hydroxyl groups is 3. The Hall–Kier alpha value is -5.91. The van der Waals surface area contributed by atoms with Crippen LogP contribution in [0.4, 0.5) is 31.4 Å². The zero-order valence-electron chi connectivity index (χ0n) is 69.6. The van der Waals surface area contributed by atoms with Crippen LogP contribution in [0.2, 0.25) is 36.3 Å². The number of nitrogens with zero attached hydrogens (tertiary/aromatic N) is 2. The molecule has 0 radical (unpaired) electrons. The maximum atomic E-state index is 12.5. The van der Waals surface area contributed by atoms with Crippen LogP contribution in [-0.4, -0.2) is 134 Å². The molecule has 0 spiro atoms. The molecule has 23 heteroatoms. The average molecular weight is 1590 g/mol. The van der Waals surface area contributed by atoms with E-state index in [1.165, 1.54) is 28.0 Å². The van der Waals surface area contributed by atoms with Gasteiger partial charge in [0.05, 0.1) is 49.0 Å². The summed E-state index contributed by atoms with van der Waals surface area (Å²) in [5.41, 5.74) is 8.79. The van der Waals surface area contributed by atoms with Gasteiger partial charge in [-0.25, -0.2) is 14.4 Å². The average Bonchev–Trinajstić information content (AvgIpc) is 0.775. The topological polar surface area (TPSA) is 235 Å². The molecule has 0 saturated carbocycles. The van der Waals surface area contributed by atoms with E-state index < -0.39 is 57.9 Å². The van der Waals surface area contributed by atoms with Gasteiger partial charge in [0.25, 0.3) is 0 Å². The predicted octanol–water partition coefficient (Wildman–Crippen LogP) is 17.4. The van der Waals surface area contributed by atoms with Gasteiger partial charge < -0.3 is 63.8 Å². The van der Waals surface area contributed by atoms with E-state index in [1.54, 1.807) is 33.0 Å². The SMILES string of the molecule is C=CCBr.C=CCCc1c(NC(=O)OC(C)(C)C)ccc2c1OC(CO[Si](C)(C)C(C)(C)C)CC2.CC(C)(C)OC(=O)N1c2ccc3c(c2CCC1O)OC(CO)CC3.C[CH-]CC.Cc1c(NC(=O)OC(C)(C)C)ccc2c1OC(CO[Si](C)(C)C(C)(C)C)CC2.OCC1CCc2ccc3ncccc3c2O1.[Li+]. The van der Waals surface area contributed by atoms with Crippen molar-refractivity contribution in [1.29, 1.82) is 0 Å². The molecule has 108 heavy (non-hydrogen) atoms. The number of carbonyl (C=O) groups excluding carboxylic acids is 3. The first-order valence-electron chi connectivity index (χ1n) is 38.1. The third-order valence-corrected chi connectivity index (χ3v) is 29.0. The Morgan fingerprint density at radius 1 is 0.611 bits per heavy atom. The summed E-state index contributed by atoms with van der Waals surface area (Å²) in [5.74, 6) is 3.39. The summed E-state index contributed by atoms with van der Waals surface area (Å²) in [5, 5.41) is 36.9. The number of unbranched alkanes of at least 4 members (excludes halogenated alkanes) is 1. The van der Waals surface area contributed by atoms with Crippen molar-refractivity contribution in [2.75, 3.05) is 47.3 Å². The molecular weight excluding hydrogens is 1460 g/mol. The number of halogens is 1. The Morgan fingerprint density at radius 3 is 1.51 bits per heavy atom. The third-order valence-electron chi connectivity index (χ3n) is 19.5. The summed E-state index contributed by atoms with van der Waals surface area (Å²) < 4.78 is 53.5. The van der Waals surface area contributed by atoms with Gasteiger partial charge in [-0.2, -0.15) is 13.3 Å². The number of aromatic nitrogens is 1. The van der Waals surface area contributed by atoms with Crippen LogP contribution in [-0.2, 0) is 61.6 Å². The Bertz CT molecular complexity index is 3720. The molecule has 1 aromatic heterocycles. The zero-order chi connectivity index (χ0) is 80.0. The van der Waals surface area contributed by atoms with E-state index in [4.69, 9.17) is 47.1 Å². The van der Waals surface area contributed by atoms with Crippen molar-refractivity contribution in [1.82, 2.24) is 4.98 Å². The maximum absolute atomic E-state index is 12.5. The standard InChI is InChI=1S/C25H41NO4Si.C22H37NO4Si.C18H25NO5.C13H13NO2.C4H9.C3H5Br.Li/c1-10-11-12-20-21(26-23(27)30-24(2,3)4)16-14-18-13-15-19(29-22(18)20)17-28-31(8,9)25(5,6)7;1-15-18(23-20(24)27-21(2,3)4)13-11-16-10-12-17(26-19(15)16)14-25-28(8,9)22(5,6)7;1-18(2,3)24-17(22)19-14-8-5-11-4-6-12(10-20)23-16(11)13(14)7-9-15(19)21;15-8-10-5-3-9-4-6-12-11(13(9)16-10)2-1-7-14-12;1-3-4-2;1-2-3-4;/h10,14,16,19H,1,11-13,15,17H2,2-9H3,(H,26,27);11,13,17H,10,12,14H2,1-9H3,(H,23,24);5,8,12,15,20-21H,4,6-7,9-10H2,1-3H3;1-2,4,6-7,10,15H,3,5,8H2;3H,4H2,1-2H3;2H,1,3H2;/q;;;;-1;;+1. The molecule has 5 aliphatic heterocycles. The minimum Gasteiger partial charge on any atom is -0.487 e. The second-order valence-electron chi connectivity index (χ2n) is 33.8. The van der Waals surface area contributed by atoms with E-state index in [0.29, 0.717) is 31.7 Å². The van der Waals surface area contributed by atoms with E-state index >= 15 is 0 Å². The van der Waals surface area contributed by atoms with Crippen LogP contribution < -0.4 is 53.3 Å². The molecule has 3 amide bonds. The largest absolute Gasteiger partial charge is 1.00 e. The Balaban J connectivity index is 0.000000298. The van der Waals surface area contributed by atoms with Gasteiger partial charge in [0, 0.05) is 33.6 Å². The van der Waals surface area contributed by atoms with Gasteiger partial charge in [-0.05, 0) is 241 Å². The number of benzene rings is 4. The number of amides is 3. The molecule has 0 fully saturated rings. The normalized spacial score (nSPS) is 17.9. The number of alkyl halides is 1. The fourth-order valence-corrected chi connectivity index (χ4v) is 13.5. The molecule has 4 aromatic carbocycles. The molecule has 596 valence electrons. The predicted molar refractivity (Wildman–Crippen MR) is 443 cm³/mol. The Labute approximate surface area is 669 Å². The number of fused-ring (bicyclic) bond motifs is 8. The van der Waals surface area contributed by atoms with Gasteiger partial charge in [0.15, 0.2) is 16.6 Å². The first-order valence-corrected chi connectivity index (χ1v) is 45.1. The Morgan fingerprint density at radius 2 is 1.04 bits per heavy atom. The first-order chi connectivity index (χ1) is 49.9. The van der Waals surface area contributed by atoms with Crippen LogP contribution >= 0.6 is 15.9 Å². The molecular formula is C85H130BrLiN4O15Si2. The van der Waals surface area contributed by atoms with Crippen molar-refractivity contribution in [2.45, 2.75) is 292 Å². The van der Waals surface area contributed by atoms with E-state index in [9.17, 15) is 24.6 Å². The maximum Gasteiger partial charge on any atom is 1.00 e. The summed E-state index contributed by atoms with van der Waals surface area (Å²) in [7, 11) is -3.64. The number of pyridine rings is 1. The van der Waals surface area contributed by atoms with Gasteiger partial charge in [-0.3, -0.25) is 20.5 Å². The van der Waals surface area contributed by atoms with E-state index in [2.05, 4.69) is 139 Å². The molecule has 5 aliphatic rings. The summed E-state index contributed by atoms with van der Waals surface area (Å²) in [6.45, 7) is 53.7. The van der Waals surface area contributed by atoms with Crippen molar-refractivity contribution in [3.8, 4) is 23.0 Å². The number of anilines is 3. The number of aryl methyl sites for hydroxylation is 4. The van der Waals surface area contributed by atoms with Gasteiger partial charge in [-0.1, -0.05) is 101 Å². The molecule has 19 nitrogen and oxygen atoms in total. The van der Waals surface area contributed by atoms with Crippen LogP contribution in [0, 0.1) is 13.3 Å². The van der Waals surface area contributed by atoms with Crippen LogP contribution in [0.1, 0.15) is 202 Å². The minimum atomic E-state index is -1.84. The van der Waals surface area contributed by atoms with Crippen molar-refractivity contribution in [3.05, 3.63) is 138 Å². The van der Waals surface area contributed by atoms with Crippen molar-refractivity contribution in [3.63, 3.8) is 0 Å². The number of hydrogen-bond donors (Lipinski definition) is 5. The third kappa shape index (κ3) is 28.7. The number of allylic oxidation sites excluding steroid dienone is 2. The van der Waals surface area contributed by atoms with Crippen molar-refractivity contribution < 1.29 is 90.6 Å².